The number of hydrogen-bond donors (Lipinski definition) is 1. The molecule has 0 amide bonds. The van der Waals surface area contributed by atoms with E-state index < -0.39 is 0 Å². The molecule has 19 heavy (non-hydrogen) atoms. The van der Waals surface area contributed by atoms with Gasteiger partial charge in [-0.3, -0.25) is 0 Å². The predicted octanol–water partition coefficient (Wildman–Crippen LogP) is 2.56. The molecule has 0 bridgehead atoms. The van der Waals surface area contributed by atoms with Gasteiger partial charge in [0.15, 0.2) is 0 Å². The molecule has 0 saturated heterocycles. The molecular formula is C15H26N2O2. The minimum atomic E-state index is 0.0471. The van der Waals surface area contributed by atoms with Crippen molar-refractivity contribution in [2.24, 2.45) is 0 Å². The van der Waals surface area contributed by atoms with Crippen molar-refractivity contribution in [3.8, 4) is 0 Å². The van der Waals surface area contributed by atoms with Crippen LogP contribution in [-0.2, 0) is 11.3 Å². The van der Waals surface area contributed by atoms with Gasteiger partial charge >= 0.3 is 0 Å². The van der Waals surface area contributed by atoms with E-state index in [-0.39, 0.29) is 6.61 Å². The van der Waals surface area contributed by atoms with Crippen LogP contribution in [0, 0.1) is 0 Å². The molecule has 0 aliphatic carbocycles. The van der Waals surface area contributed by atoms with Crippen LogP contribution in [0.25, 0.3) is 0 Å². The summed E-state index contributed by atoms with van der Waals surface area (Å²) in [5.74, 6) is 1.27. The summed E-state index contributed by atoms with van der Waals surface area (Å²) in [7, 11) is 1.70. The molecule has 1 N–H and O–H groups in total. The first-order valence-corrected chi connectivity index (χ1v) is 6.86. The molecule has 4 heteroatoms. The molecule has 0 aromatic carbocycles. The number of aromatic nitrogens is 1. The normalized spacial score (nSPS) is 11.4. The van der Waals surface area contributed by atoms with Crippen LogP contribution in [0.3, 0.4) is 0 Å². The third-order valence-electron chi connectivity index (χ3n) is 3.12. The highest BCUT2D eigenvalue weighted by molar-refractivity contribution is 5.44. The van der Waals surface area contributed by atoms with Crippen molar-refractivity contribution in [1.29, 1.82) is 0 Å². The highest BCUT2D eigenvalue weighted by atomic mass is 16.5. The average Bonchev–Trinajstić information content (AvgIpc) is 2.38. The van der Waals surface area contributed by atoms with Gasteiger partial charge in [0.05, 0.1) is 13.2 Å². The van der Waals surface area contributed by atoms with Crippen LogP contribution in [0.1, 0.15) is 44.9 Å². The number of hydrogen-bond acceptors (Lipinski definition) is 4. The van der Waals surface area contributed by atoms with E-state index in [4.69, 9.17) is 9.72 Å². The molecule has 1 aromatic rings. The van der Waals surface area contributed by atoms with Gasteiger partial charge in [0.1, 0.15) is 5.82 Å². The smallest absolute Gasteiger partial charge is 0.129 e. The minimum Gasteiger partial charge on any atom is -0.392 e. The maximum atomic E-state index is 9.39. The van der Waals surface area contributed by atoms with Crippen molar-refractivity contribution in [3.05, 3.63) is 23.4 Å². The highest BCUT2D eigenvalue weighted by Crippen LogP contribution is 2.21. The molecular weight excluding hydrogens is 240 g/mol. The molecule has 108 valence electrons. The molecule has 0 atom stereocenters. The van der Waals surface area contributed by atoms with Crippen molar-refractivity contribution in [2.45, 2.75) is 46.3 Å². The molecule has 1 rings (SSSR count). The lowest BCUT2D eigenvalue weighted by atomic mass is 10.1. The van der Waals surface area contributed by atoms with Gasteiger partial charge in [0, 0.05) is 25.4 Å². The lowest BCUT2D eigenvalue weighted by Gasteiger charge is -2.28. The van der Waals surface area contributed by atoms with E-state index in [1.165, 1.54) is 0 Å². The summed E-state index contributed by atoms with van der Waals surface area (Å²) in [6.45, 7) is 10.0. The molecule has 0 spiro atoms. The number of ether oxygens (including phenoxy) is 1. The maximum absolute atomic E-state index is 9.39. The summed E-state index contributed by atoms with van der Waals surface area (Å²) in [6, 6.07) is 4.28. The first-order valence-electron chi connectivity index (χ1n) is 6.86. The third-order valence-corrected chi connectivity index (χ3v) is 3.12. The summed E-state index contributed by atoms with van der Waals surface area (Å²) in [5, 5.41) is 9.39. The van der Waals surface area contributed by atoms with Gasteiger partial charge < -0.3 is 14.7 Å². The largest absolute Gasteiger partial charge is 0.392 e. The summed E-state index contributed by atoms with van der Waals surface area (Å²) in [5.41, 5.74) is 1.93. The van der Waals surface area contributed by atoms with E-state index in [0.717, 1.165) is 23.6 Å². The number of anilines is 1. The monoisotopic (exact) mass is 266 g/mol. The van der Waals surface area contributed by atoms with E-state index in [1.54, 1.807) is 7.11 Å². The van der Waals surface area contributed by atoms with Crippen LogP contribution in [-0.4, -0.2) is 36.4 Å². The second-order valence-corrected chi connectivity index (χ2v) is 5.35. The van der Waals surface area contributed by atoms with Crippen molar-refractivity contribution in [3.63, 3.8) is 0 Å². The molecule has 0 aliphatic heterocycles. The molecule has 1 heterocycles. The average molecular weight is 266 g/mol. The second kappa shape index (κ2) is 7.46. The summed E-state index contributed by atoms with van der Waals surface area (Å²) < 4.78 is 5.16. The Hall–Kier alpha value is -1.13. The van der Waals surface area contributed by atoms with Crippen molar-refractivity contribution >= 4 is 5.82 Å². The van der Waals surface area contributed by atoms with Crippen LogP contribution >= 0.6 is 0 Å². The van der Waals surface area contributed by atoms with Crippen LogP contribution in [0.4, 0.5) is 5.82 Å². The summed E-state index contributed by atoms with van der Waals surface area (Å²) in [4.78, 5) is 6.92. The number of methoxy groups -OCH3 is 1. The van der Waals surface area contributed by atoms with Crippen LogP contribution in [0.2, 0.25) is 0 Å². The van der Waals surface area contributed by atoms with Gasteiger partial charge in [-0.1, -0.05) is 13.8 Å². The quantitative estimate of drug-likeness (QED) is 0.824. The van der Waals surface area contributed by atoms with E-state index in [1.807, 2.05) is 12.1 Å². The Morgan fingerprint density at radius 3 is 2.42 bits per heavy atom. The van der Waals surface area contributed by atoms with E-state index in [9.17, 15) is 5.11 Å². The first kappa shape index (κ1) is 15.9. The lowest BCUT2D eigenvalue weighted by Crippen LogP contribution is -2.34. The molecule has 0 saturated carbocycles. The second-order valence-electron chi connectivity index (χ2n) is 5.35. The number of rotatable bonds is 7. The fourth-order valence-electron chi connectivity index (χ4n) is 1.96. The molecule has 0 fully saturated rings. The Morgan fingerprint density at radius 1 is 1.26 bits per heavy atom. The zero-order chi connectivity index (χ0) is 14.4. The van der Waals surface area contributed by atoms with Gasteiger partial charge in [-0.25, -0.2) is 4.98 Å². The van der Waals surface area contributed by atoms with Crippen molar-refractivity contribution < 1.29 is 9.84 Å². The molecule has 1 aromatic heterocycles. The lowest BCUT2D eigenvalue weighted by molar-refractivity contribution is 0.203. The zero-order valence-electron chi connectivity index (χ0n) is 12.7. The Balaban J connectivity index is 3.10. The number of aliphatic hydroxyl groups excluding tert-OH is 1. The predicted molar refractivity (Wildman–Crippen MR) is 78.6 cm³/mol. The third kappa shape index (κ3) is 4.48. The van der Waals surface area contributed by atoms with Gasteiger partial charge in [0.25, 0.3) is 0 Å². The SMILES string of the molecule is COCCN(c1cc(CO)cc(C(C)C)n1)C(C)C. The fourth-order valence-corrected chi connectivity index (χ4v) is 1.96. The zero-order valence-corrected chi connectivity index (χ0v) is 12.7. The van der Waals surface area contributed by atoms with Crippen LogP contribution in [0.15, 0.2) is 12.1 Å². The minimum absolute atomic E-state index is 0.0471. The Morgan fingerprint density at radius 2 is 1.95 bits per heavy atom. The summed E-state index contributed by atoms with van der Waals surface area (Å²) >= 11 is 0. The molecule has 4 nitrogen and oxygen atoms in total. The van der Waals surface area contributed by atoms with E-state index in [2.05, 4.69) is 32.6 Å². The molecule has 0 radical (unpaired) electrons. The fraction of sp³-hybridized carbons (Fsp3) is 0.667. The van der Waals surface area contributed by atoms with Crippen LogP contribution < -0.4 is 4.90 Å². The number of pyridine rings is 1. The summed E-state index contributed by atoms with van der Waals surface area (Å²) in [6.07, 6.45) is 0. The number of aliphatic hydroxyl groups is 1. The Bertz CT molecular complexity index is 392. The van der Waals surface area contributed by atoms with Gasteiger partial charge in [0.2, 0.25) is 0 Å². The Kier molecular flexibility index (Phi) is 6.25. The topological polar surface area (TPSA) is 45.6 Å². The van der Waals surface area contributed by atoms with Gasteiger partial charge in [-0.2, -0.15) is 0 Å². The van der Waals surface area contributed by atoms with Crippen molar-refractivity contribution in [1.82, 2.24) is 4.98 Å². The van der Waals surface area contributed by atoms with Gasteiger partial charge in [-0.05, 0) is 37.5 Å². The van der Waals surface area contributed by atoms with Gasteiger partial charge in [-0.15, -0.1) is 0 Å². The molecule has 0 aliphatic rings. The van der Waals surface area contributed by atoms with Crippen molar-refractivity contribution in [2.75, 3.05) is 25.2 Å². The molecule has 0 unspecified atom stereocenters. The number of nitrogens with zero attached hydrogens (tertiary/aromatic N) is 2. The Labute approximate surface area is 116 Å². The van der Waals surface area contributed by atoms with E-state index in [0.29, 0.717) is 18.6 Å². The standard InChI is InChI=1S/C15H26N2O2/c1-11(2)14-8-13(10-18)9-15(16-14)17(12(3)4)6-7-19-5/h8-9,11-12,18H,6-7,10H2,1-5H3. The maximum Gasteiger partial charge on any atom is 0.129 e. The van der Waals surface area contributed by atoms with Crippen LogP contribution in [0.5, 0.6) is 0 Å². The highest BCUT2D eigenvalue weighted by Gasteiger charge is 2.14. The first-order chi connectivity index (χ1) is 8.99. The van der Waals surface area contributed by atoms with E-state index >= 15 is 0 Å².